The Labute approximate surface area is 183 Å². The largest absolute Gasteiger partial charge is 0.546 e. The van der Waals surface area contributed by atoms with Crippen molar-refractivity contribution in [2.24, 2.45) is 0 Å². The van der Waals surface area contributed by atoms with Crippen molar-refractivity contribution in [2.45, 2.75) is 18.1 Å². The van der Waals surface area contributed by atoms with E-state index in [1.165, 1.54) is 9.69 Å². The summed E-state index contributed by atoms with van der Waals surface area (Å²) in [5.41, 5.74) is 0.819. The Morgan fingerprint density at radius 3 is 2.34 bits per heavy atom. The molecule has 9 nitrogen and oxygen atoms in total. The highest BCUT2D eigenvalue weighted by molar-refractivity contribution is 9.10. The molecule has 1 aromatic carbocycles. The molecule has 1 unspecified atom stereocenters. The van der Waals surface area contributed by atoms with Crippen molar-refractivity contribution in [3.63, 3.8) is 0 Å². The molecule has 13 heteroatoms. The van der Waals surface area contributed by atoms with E-state index in [2.05, 4.69) is 35.3 Å². The molecule has 3 aromatic rings. The van der Waals surface area contributed by atoms with Gasteiger partial charge in [-0.2, -0.15) is 4.31 Å². The Morgan fingerprint density at radius 1 is 1.17 bits per heavy atom. The molecule has 0 fully saturated rings. The number of thiophene rings is 1. The normalized spacial score (nSPS) is 12.4. The van der Waals surface area contributed by atoms with E-state index >= 15 is 0 Å². The van der Waals surface area contributed by atoms with Gasteiger partial charge in [0, 0.05) is 31.7 Å². The molecule has 0 radical (unpaired) electrons. The van der Waals surface area contributed by atoms with Gasteiger partial charge >= 0.3 is 0 Å². The fraction of sp³-hybridized carbons (Fsp3) is 0.250. The molecule has 156 valence electrons. The maximum absolute atomic E-state index is 12.7. The predicted octanol–water partition coefficient (Wildman–Crippen LogP) is 4.25. The summed E-state index contributed by atoms with van der Waals surface area (Å²) in [7, 11) is -3.81. The number of hydrogen-bond donors (Lipinski definition) is 3. The van der Waals surface area contributed by atoms with Crippen LogP contribution in [0.3, 0.4) is 0 Å². The highest BCUT2D eigenvalue weighted by Crippen LogP contribution is 2.41. The number of benzene rings is 1. The van der Waals surface area contributed by atoms with Crippen molar-refractivity contribution >= 4 is 71.4 Å². The SMILES string of the molecule is CCN(CC)S(=O)(=O)c1scc(Nc2n[s+]([O-])nc2Nc2ccccc2Br)c1O. The third-order valence-corrected chi connectivity index (χ3v) is 8.86. The topological polar surface area (TPSA) is 131 Å². The first kappa shape index (κ1) is 21.9. The van der Waals surface area contributed by atoms with Gasteiger partial charge in [0.05, 0.1) is 11.4 Å². The number of nitrogens with zero attached hydrogens (tertiary/aromatic N) is 3. The van der Waals surface area contributed by atoms with Crippen molar-refractivity contribution in [1.82, 2.24) is 13.1 Å². The maximum atomic E-state index is 12.7. The van der Waals surface area contributed by atoms with Crippen LogP contribution in [-0.4, -0.2) is 44.2 Å². The molecule has 0 saturated carbocycles. The molecular weight excluding hydrogens is 502 g/mol. The van der Waals surface area contributed by atoms with E-state index in [4.69, 9.17) is 0 Å². The second-order valence-electron chi connectivity index (χ2n) is 5.72. The molecule has 3 N–H and O–H groups in total. The molecule has 0 aliphatic rings. The zero-order chi connectivity index (χ0) is 21.2. The second-order valence-corrected chi connectivity index (χ2v) is 10.4. The summed E-state index contributed by atoms with van der Waals surface area (Å²) in [6.07, 6.45) is 0. The van der Waals surface area contributed by atoms with Crippen LogP contribution in [0.2, 0.25) is 0 Å². The number of sulfonamides is 1. The molecule has 2 heterocycles. The first-order valence-corrected chi connectivity index (χ1v) is 12.6. The molecule has 0 saturated heterocycles. The van der Waals surface area contributed by atoms with Gasteiger partial charge in [0.1, 0.15) is 0 Å². The zero-order valence-electron chi connectivity index (χ0n) is 15.4. The molecule has 1 atom stereocenters. The van der Waals surface area contributed by atoms with Crippen LogP contribution in [-0.2, 0) is 10.0 Å². The summed E-state index contributed by atoms with van der Waals surface area (Å²) in [5, 5.41) is 17.8. The molecule has 0 spiro atoms. The van der Waals surface area contributed by atoms with E-state index in [1.54, 1.807) is 19.9 Å². The van der Waals surface area contributed by atoms with Crippen molar-refractivity contribution in [3.8, 4) is 5.75 Å². The monoisotopic (exact) mass is 519 g/mol. The fourth-order valence-electron chi connectivity index (χ4n) is 2.53. The first-order valence-electron chi connectivity index (χ1n) is 8.46. The van der Waals surface area contributed by atoms with Crippen molar-refractivity contribution in [1.29, 1.82) is 0 Å². The molecular formula is C16H18BrN5O4S3. The number of para-hydroxylation sites is 1. The van der Waals surface area contributed by atoms with Crippen LogP contribution < -0.4 is 10.6 Å². The van der Waals surface area contributed by atoms with Crippen LogP contribution in [0.15, 0.2) is 38.3 Å². The van der Waals surface area contributed by atoms with Crippen LogP contribution >= 0.6 is 38.4 Å². The summed E-state index contributed by atoms with van der Waals surface area (Å²) in [4.78, 5) is 0. The van der Waals surface area contributed by atoms with Crippen LogP contribution in [0, 0.1) is 0 Å². The minimum Gasteiger partial charge on any atom is -0.546 e. The van der Waals surface area contributed by atoms with Gasteiger partial charge in [-0.25, -0.2) is 8.42 Å². The first-order chi connectivity index (χ1) is 13.8. The standard InChI is InChI=1S/C16H18BrN5O4S3/c1-3-22(4-2)29(25,26)16-13(23)12(9-27-16)19-15-14(20-28(24)21-15)18-11-8-6-5-7-10(11)17/h5-9,23H,3-4H2,1-2H3,(H,18,20)(H,19,21). The summed E-state index contributed by atoms with van der Waals surface area (Å²) in [6.45, 7) is 4.03. The summed E-state index contributed by atoms with van der Waals surface area (Å²) < 4.78 is 46.9. The molecule has 3 rings (SSSR count). The van der Waals surface area contributed by atoms with Crippen LogP contribution in [0.25, 0.3) is 0 Å². The molecule has 0 bridgehead atoms. The number of aromatic hydroxyl groups is 1. The van der Waals surface area contributed by atoms with E-state index < -0.39 is 26.9 Å². The number of halogens is 1. The highest BCUT2D eigenvalue weighted by Gasteiger charge is 2.29. The molecule has 29 heavy (non-hydrogen) atoms. The number of aromatic nitrogens is 2. The van der Waals surface area contributed by atoms with Crippen LogP contribution in [0.5, 0.6) is 5.75 Å². The van der Waals surface area contributed by atoms with Gasteiger partial charge in [0.2, 0.25) is 11.6 Å². The number of hydrogen-bond acceptors (Lipinski definition) is 9. The fourth-order valence-corrected chi connectivity index (χ4v) is 6.37. The smallest absolute Gasteiger partial charge is 0.256 e. The van der Waals surface area contributed by atoms with Gasteiger partial charge in [-0.15, -0.1) is 11.3 Å². The summed E-state index contributed by atoms with van der Waals surface area (Å²) >= 11 is 2.47. The van der Waals surface area contributed by atoms with E-state index in [0.717, 1.165) is 15.8 Å². The van der Waals surface area contributed by atoms with Gasteiger partial charge in [-0.3, -0.25) is 0 Å². The van der Waals surface area contributed by atoms with Gasteiger partial charge in [-0.05, 0) is 28.1 Å². The van der Waals surface area contributed by atoms with Crippen molar-refractivity contribution < 1.29 is 18.1 Å². The van der Waals surface area contributed by atoms with Crippen LogP contribution in [0.1, 0.15) is 13.8 Å². The Morgan fingerprint density at radius 2 is 1.76 bits per heavy atom. The van der Waals surface area contributed by atoms with Crippen LogP contribution in [0.4, 0.5) is 23.0 Å². The van der Waals surface area contributed by atoms with Gasteiger partial charge in [0.25, 0.3) is 10.0 Å². The Balaban J connectivity index is 1.91. The molecule has 0 amide bonds. The molecule has 2 aromatic heterocycles. The highest BCUT2D eigenvalue weighted by atomic mass is 79.9. The molecule has 0 aliphatic carbocycles. The number of nitrogens with one attached hydrogen (secondary N) is 2. The lowest BCUT2D eigenvalue weighted by Gasteiger charge is -2.17. The summed E-state index contributed by atoms with van der Waals surface area (Å²) in [5.74, 6) is -0.0875. The lowest BCUT2D eigenvalue weighted by Crippen LogP contribution is -2.30. The maximum Gasteiger partial charge on any atom is 0.256 e. The lowest BCUT2D eigenvalue weighted by atomic mass is 10.3. The third-order valence-electron chi connectivity index (χ3n) is 3.95. The minimum atomic E-state index is -3.81. The minimum absolute atomic E-state index is 0.124. The lowest BCUT2D eigenvalue weighted by molar-refractivity contribution is 0.434. The van der Waals surface area contributed by atoms with E-state index in [0.29, 0.717) is 5.69 Å². The van der Waals surface area contributed by atoms with E-state index in [9.17, 15) is 18.1 Å². The van der Waals surface area contributed by atoms with Gasteiger partial charge in [0.15, 0.2) is 21.1 Å². The average molecular weight is 520 g/mol. The second kappa shape index (κ2) is 8.93. The van der Waals surface area contributed by atoms with E-state index in [1.807, 2.05) is 18.2 Å². The predicted molar refractivity (Wildman–Crippen MR) is 117 cm³/mol. The van der Waals surface area contributed by atoms with Crippen molar-refractivity contribution in [3.05, 3.63) is 34.1 Å². The van der Waals surface area contributed by atoms with Crippen molar-refractivity contribution in [2.75, 3.05) is 23.7 Å². The van der Waals surface area contributed by atoms with E-state index in [-0.39, 0.29) is 34.6 Å². The Bertz CT molecular complexity index is 1110. The third kappa shape index (κ3) is 4.54. The number of rotatable bonds is 8. The van der Waals surface area contributed by atoms with Gasteiger partial charge in [-0.1, -0.05) is 26.0 Å². The quantitative estimate of drug-likeness (QED) is 0.376. The molecule has 0 aliphatic heterocycles. The zero-order valence-corrected chi connectivity index (χ0v) is 19.5. The summed E-state index contributed by atoms with van der Waals surface area (Å²) in [6, 6.07) is 7.29. The average Bonchev–Trinajstić information content (AvgIpc) is 3.21. The Hall–Kier alpha value is -1.77. The van der Waals surface area contributed by atoms with Gasteiger partial charge < -0.3 is 20.3 Å². The Kier molecular flexibility index (Phi) is 6.76. The number of anilines is 4.